The van der Waals surface area contributed by atoms with E-state index in [1.165, 1.54) is 6.42 Å². The second kappa shape index (κ2) is 7.40. The number of Topliss-reactive ketones (excluding diaryl/α,β-unsaturated/α-hetero) is 1. The highest BCUT2D eigenvalue weighted by molar-refractivity contribution is 6.74. The van der Waals surface area contributed by atoms with Crippen molar-refractivity contribution in [3.8, 4) is 0 Å². The molecule has 4 nitrogen and oxygen atoms in total. The predicted molar refractivity (Wildman–Crippen MR) is 133 cm³/mol. The van der Waals surface area contributed by atoms with Crippen LogP contribution in [0.1, 0.15) is 93.4 Å². The summed E-state index contributed by atoms with van der Waals surface area (Å²) in [5.41, 5.74) is 0.101. The second-order valence-corrected chi connectivity index (χ2v) is 19.4. The maximum atomic E-state index is 13.0. The van der Waals surface area contributed by atoms with Crippen molar-refractivity contribution in [1.29, 1.82) is 0 Å². The van der Waals surface area contributed by atoms with E-state index in [0.717, 1.165) is 38.5 Å². The van der Waals surface area contributed by atoms with Crippen LogP contribution < -0.4 is 0 Å². The van der Waals surface area contributed by atoms with Gasteiger partial charge in [0.1, 0.15) is 5.78 Å². The van der Waals surface area contributed by atoms with E-state index in [0.29, 0.717) is 35.6 Å². The Morgan fingerprint density at radius 1 is 0.909 bits per heavy atom. The second-order valence-electron chi connectivity index (χ2n) is 14.7. The smallest absolute Gasteiger partial charge is 0.192 e. The van der Waals surface area contributed by atoms with Crippen molar-refractivity contribution in [3.05, 3.63) is 0 Å². The van der Waals surface area contributed by atoms with E-state index in [1.54, 1.807) is 0 Å². The fraction of sp³-hybridized carbons (Fsp3) is 0.964. The van der Waals surface area contributed by atoms with E-state index in [9.17, 15) is 4.79 Å². The normalized spacial score (nSPS) is 49.2. The summed E-state index contributed by atoms with van der Waals surface area (Å²) in [6.45, 7) is 20.8. The van der Waals surface area contributed by atoms with Crippen LogP contribution in [0.3, 0.4) is 0 Å². The minimum atomic E-state index is -1.81. The molecule has 9 atom stereocenters. The zero-order chi connectivity index (χ0) is 24.2. The Morgan fingerprint density at radius 2 is 1.58 bits per heavy atom. The maximum Gasteiger partial charge on any atom is 0.192 e. The van der Waals surface area contributed by atoms with Crippen LogP contribution >= 0.6 is 0 Å². The summed E-state index contributed by atoms with van der Waals surface area (Å²) < 4.78 is 20.4. The highest BCUT2D eigenvalue weighted by Gasteiger charge is 2.68. The average Bonchev–Trinajstić information content (AvgIpc) is 3.17. The Balaban J connectivity index is 1.47. The first kappa shape index (κ1) is 24.5. The Hall–Kier alpha value is -0.233. The number of ketones is 1. The van der Waals surface area contributed by atoms with E-state index in [1.807, 2.05) is 0 Å². The molecule has 4 saturated carbocycles. The van der Waals surface area contributed by atoms with Gasteiger partial charge in [0.05, 0.1) is 12.2 Å². The lowest BCUT2D eigenvalue weighted by Crippen LogP contribution is -2.63. The summed E-state index contributed by atoms with van der Waals surface area (Å²) in [4.78, 5) is 13.0. The van der Waals surface area contributed by atoms with Crippen molar-refractivity contribution >= 4 is 14.1 Å². The molecule has 188 valence electrons. The van der Waals surface area contributed by atoms with Crippen LogP contribution in [0, 0.1) is 34.5 Å². The van der Waals surface area contributed by atoms with Crippen molar-refractivity contribution in [3.63, 3.8) is 0 Å². The van der Waals surface area contributed by atoms with Gasteiger partial charge in [-0.1, -0.05) is 34.6 Å². The summed E-state index contributed by atoms with van der Waals surface area (Å²) in [5.74, 6) is 1.94. The fourth-order valence-corrected chi connectivity index (χ4v) is 10.0. The first-order valence-corrected chi connectivity index (χ1v) is 16.6. The van der Waals surface area contributed by atoms with Crippen molar-refractivity contribution in [1.82, 2.24) is 0 Å². The molecular formula is C28H48O4Si. The SMILES string of the molecule is CC1(C)O[C@H]2[C@H](O1)[C@H]1CC(O[Si](C)(C)C(C)(C)C)CC[C@]1(C)[C@H]1CC[C@]3(C)C(=O)CC[C@H]3[C@H]21. The van der Waals surface area contributed by atoms with E-state index in [-0.39, 0.29) is 28.1 Å². The lowest BCUT2D eigenvalue weighted by molar-refractivity contribution is -0.185. The molecule has 0 bridgehead atoms. The van der Waals surface area contributed by atoms with Gasteiger partial charge in [-0.2, -0.15) is 0 Å². The van der Waals surface area contributed by atoms with Crippen LogP contribution in [0.25, 0.3) is 0 Å². The topological polar surface area (TPSA) is 44.8 Å². The van der Waals surface area contributed by atoms with Gasteiger partial charge in [-0.15, -0.1) is 0 Å². The highest BCUT2D eigenvalue weighted by atomic mass is 28.4. The van der Waals surface area contributed by atoms with Crippen LogP contribution in [0.2, 0.25) is 18.1 Å². The first-order chi connectivity index (χ1) is 15.1. The number of hydrogen-bond donors (Lipinski definition) is 0. The molecule has 1 aliphatic heterocycles. The molecule has 0 N–H and O–H groups in total. The van der Waals surface area contributed by atoms with Crippen molar-refractivity contribution < 1.29 is 18.7 Å². The minimum absolute atomic E-state index is 0.116. The highest BCUT2D eigenvalue weighted by Crippen LogP contribution is 2.68. The van der Waals surface area contributed by atoms with Crippen LogP contribution in [-0.2, 0) is 18.7 Å². The third-order valence-corrected chi connectivity index (χ3v) is 16.0. The van der Waals surface area contributed by atoms with Gasteiger partial charge in [0, 0.05) is 17.9 Å². The van der Waals surface area contributed by atoms with Gasteiger partial charge in [-0.05, 0) is 99.6 Å². The molecule has 1 unspecified atom stereocenters. The molecule has 0 spiro atoms. The molecule has 33 heavy (non-hydrogen) atoms. The van der Waals surface area contributed by atoms with E-state index in [4.69, 9.17) is 13.9 Å². The van der Waals surface area contributed by atoms with Crippen LogP contribution in [0.5, 0.6) is 0 Å². The molecule has 0 amide bonds. The minimum Gasteiger partial charge on any atom is -0.414 e. The quantitative estimate of drug-likeness (QED) is 0.415. The van der Waals surface area contributed by atoms with Gasteiger partial charge in [0.25, 0.3) is 0 Å². The van der Waals surface area contributed by atoms with Gasteiger partial charge in [-0.3, -0.25) is 4.79 Å². The number of carbonyl (C=O) groups excluding carboxylic acids is 1. The standard InChI is InChI=1S/C28H48O4Si/c1-25(2,3)33(8,9)32-17-12-14-27(6)19-13-15-28(7)18(10-11-21(28)29)22(19)24-23(20(27)16-17)30-26(4,5)31-24/h17-20,22-24H,10-16H2,1-9H3/t17?,18-,19-,20+,22-,23+,24+,27+,28-/m0/s1. The van der Waals surface area contributed by atoms with Crippen LogP contribution in [0.4, 0.5) is 0 Å². The Kier molecular flexibility index (Phi) is 5.48. The number of rotatable bonds is 2. The van der Waals surface area contributed by atoms with E-state index in [2.05, 4.69) is 61.6 Å². The zero-order valence-electron chi connectivity index (χ0n) is 22.6. The molecule has 5 fully saturated rings. The third-order valence-electron chi connectivity index (χ3n) is 11.5. The zero-order valence-corrected chi connectivity index (χ0v) is 23.6. The summed E-state index contributed by atoms with van der Waals surface area (Å²) in [5, 5.41) is 0.228. The van der Waals surface area contributed by atoms with Gasteiger partial charge in [0.15, 0.2) is 14.1 Å². The Labute approximate surface area is 203 Å². The lowest BCUT2D eigenvalue weighted by Gasteiger charge is -2.63. The molecule has 5 heteroatoms. The molecule has 0 aromatic rings. The number of carbonyl (C=O) groups is 1. The molecule has 5 aliphatic rings. The third kappa shape index (κ3) is 3.57. The molecule has 0 radical (unpaired) electrons. The number of fused-ring (bicyclic) bond motifs is 8. The molecule has 1 saturated heterocycles. The van der Waals surface area contributed by atoms with Gasteiger partial charge in [-0.25, -0.2) is 0 Å². The van der Waals surface area contributed by atoms with E-state index < -0.39 is 14.1 Å². The monoisotopic (exact) mass is 476 g/mol. The van der Waals surface area contributed by atoms with Crippen molar-refractivity contribution in [2.45, 2.75) is 136 Å². The lowest BCUT2D eigenvalue weighted by atomic mass is 9.44. The van der Waals surface area contributed by atoms with E-state index >= 15 is 0 Å². The maximum absolute atomic E-state index is 13.0. The number of ether oxygens (including phenoxy) is 2. The molecule has 4 aliphatic carbocycles. The summed E-state index contributed by atoms with van der Waals surface area (Å²) in [7, 11) is -1.81. The molecular weight excluding hydrogens is 428 g/mol. The fourth-order valence-electron chi connectivity index (χ4n) is 8.62. The predicted octanol–water partition coefficient (Wildman–Crippen LogP) is 6.73. The largest absolute Gasteiger partial charge is 0.414 e. The Morgan fingerprint density at radius 3 is 2.24 bits per heavy atom. The summed E-state index contributed by atoms with van der Waals surface area (Å²) in [6.07, 6.45) is 8.05. The number of hydrogen-bond acceptors (Lipinski definition) is 4. The van der Waals surface area contributed by atoms with Crippen LogP contribution in [0.15, 0.2) is 0 Å². The molecule has 5 rings (SSSR count). The van der Waals surface area contributed by atoms with Gasteiger partial charge >= 0.3 is 0 Å². The van der Waals surface area contributed by atoms with Gasteiger partial charge < -0.3 is 13.9 Å². The summed E-state index contributed by atoms with van der Waals surface area (Å²) >= 11 is 0. The van der Waals surface area contributed by atoms with Crippen molar-refractivity contribution in [2.75, 3.05) is 0 Å². The molecule has 0 aromatic carbocycles. The van der Waals surface area contributed by atoms with Gasteiger partial charge in [0.2, 0.25) is 0 Å². The summed E-state index contributed by atoms with van der Waals surface area (Å²) in [6, 6.07) is 0. The average molecular weight is 477 g/mol. The first-order valence-electron chi connectivity index (χ1n) is 13.7. The molecule has 0 aromatic heterocycles. The van der Waals surface area contributed by atoms with Crippen molar-refractivity contribution in [2.24, 2.45) is 34.5 Å². The van der Waals surface area contributed by atoms with Crippen LogP contribution in [-0.4, -0.2) is 38.2 Å². The Bertz CT molecular complexity index is 815. The molecule has 1 heterocycles.